The molecule has 0 aliphatic carbocycles. The summed E-state index contributed by atoms with van der Waals surface area (Å²) in [4.78, 5) is 0. The molecule has 0 N–H and O–H groups in total. The van der Waals surface area contributed by atoms with E-state index in [1.54, 1.807) is 0 Å². The molecule has 0 aromatic heterocycles. The predicted octanol–water partition coefficient (Wildman–Crippen LogP) is -0.193. The second-order valence-electron chi connectivity index (χ2n) is 4.15. The molecule has 0 aliphatic heterocycles. The summed E-state index contributed by atoms with van der Waals surface area (Å²) < 4.78 is 6.61. The molecule has 0 rings (SSSR count). The van der Waals surface area contributed by atoms with E-state index in [9.17, 15) is 0 Å². The van der Waals surface area contributed by atoms with Crippen LogP contribution in [0.2, 0.25) is 0 Å². The molecule has 0 aromatic carbocycles. The van der Waals surface area contributed by atoms with Gasteiger partial charge >= 0.3 is 0 Å². The topological polar surface area (TPSA) is 9.23 Å². The summed E-state index contributed by atoms with van der Waals surface area (Å²) in [5.41, 5.74) is 0. The summed E-state index contributed by atoms with van der Waals surface area (Å²) in [5.74, 6) is 0. The molecule has 15 heavy (non-hydrogen) atoms. The van der Waals surface area contributed by atoms with Crippen molar-refractivity contribution in [1.29, 1.82) is 0 Å². The molecule has 92 valence electrons. The number of hydrogen-bond acceptors (Lipinski definition) is 1. The third-order valence-electron chi connectivity index (χ3n) is 2.63. The number of quaternary nitrogens is 1. The van der Waals surface area contributed by atoms with E-state index in [-0.39, 0.29) is 12.4 Å². The molecule has 0 spiro atoms. The van der Waals surface area contributed by atoms with Crippen LogP contribution in [0.1, 0.15) is 33.1 Å². The quantitative estimate of drug-likeness (QED) is 0.233. The second kappa shape index (κ2) is 10.5. The molecule has 0 aromatic rings. The molecule has 1 atom stereocenters. The molecule has 0 saturated heterocycles. The Bertz CT molecular complexity index is 153. The first kappa shape index (κ1) is 17.3. The number of likely N-dealkylation sites (N-methyl/N-ethyl adjacent to an activating group) is 1. The maximum absolute atomic E-state index is 5.67. The Kier molecular flexibility index (Phi) is 12.1. The Morgan fingerprint density at radius 2 is 1.93 bits per heavy atom. The molecule has 0 fully saturated rings. The fourth-order valence-corrected chi connectivity index (χ4v) is 1.32. The van der Waals surface area contributed by atoms with Crippen LogP contribution < -0.4 is 12.4 Å². The number of rotatable bonds is 9. The first-order chi connectivity index (χ1) is 6.68. The zero-order chi connectivity index (χ0) is 10.9. The largest absolute Gasteiger partial charge is 1.00 e. The monoisotopic (exact) mass is 235 g/mol. The van der Waals surface area contributed by atoms with Gasteiger partial charge in [0, 0.05) is 0 Å². The Morgan fingerprint density at radius 1 is 1.27 bits per heavy atom. The van der Waals surface area contributed by atoms with Gasteiger partial charge in [-0.05, 0) is 19.4 Å². The Morgan fingerprint density at radius 3 is 2.40 bits per heavy atom. The minimum atomic E-state index is 0. The van der Waals surface area contributed by atoms with Crippen LogP contribution in [0.5, 0.6) is 0 Å². The van der Waals surface area contributed by atoms with Gasteiger partial charge in [-0.3, -0.25) is 0 Å². The van der Waals surface area contributed by atoms with Crippen LogP contribution in [0.4, 0.5) is 0 Å². The Labute approximate surface area is 101 Å². The number of hydrogen-bond donors (Lipinski definition) is 0. The standard InChI is InChI=1S/C12H26NO.ClH/c1-5-8-9-11-14-12-13(4,7-3)10-6-2;/h6H,2,5,7-12H2,1,3-4H3;1H/q+1;/p-1. The van der Waals surface area contributed by atoms with Crippen molar-refractivity contribution in [3.05, 3.63) is 12.7 Å². The van der Waals surface area contributed by atoms with E-state index in [2.05, 4.69) is 27.5 Å². The van der Waals surface area contributed by atoms with E-state index < -0.39 is 0 Å². The summed E-state index contributed by atoms with van der Waals surface area (Å²) in [5, 5.41) is 0. The van der Waals surface area contributed by atoms with Gasteiger partial charge in [0.1, 0.15) is 0 Å². The minimum absolute atomic E-state index is 0. The van der Waals surface area contributed by atoms with E-state index in [4.69, 9.17) is 4.74 Å². The van der Waals surface area contributed by atoms with E-state index >= 15 is 0 Å². The third-order valence-corrected chi connectivity index (χ3v) is 2.63. The van der Waals surface area contributed by atoms with Gasteiger partial charge in [-0.2, -0.15) is 0 Å². The maximum Gasteiger partial charge on any atom is 0.183 e. The van der Waals surface area contributed by atoms with Gasteiger partial charge in [0.15, 0.2) is 6.73 Å². The number of halogens is 1. The van der Waals surface area contributed by atoms with E-state index in [1.807, 2.05) is 6.08 Å². The lowest BCUT2D eigenvalue weighted by Crippen LogP contribution is -3.00. The summed E-state index contributed by atoms with van der Waals surface area (Å²) in [6.45, 7) is 12.0. The van der Waals surface area contributed by atoms with Gasteiger partial charge in [-0.25, -0.2) is 0 Å². The molecule has 0 heterocycles. The summed E-state index contributed by atoms with van der Waals surface area (Å²) in [7, 11) is 2.21. The first-order valence-electron chi connectivity index (χ1n) is 5.70. The summed E-state index contributed by atoms with van der Waals surface area (Å²) >= 11 is 0. The highest BCUT2D eigenvalue weighted by Gasteiger charge is 2.16. The molecule has 0 saturated carbocycles. The van der Waals surface area contributed by atoms with Crippen molar-refractivity contribution >= 4 is 0 Å². The van der Waals surface area contributed by atoms with Crippen molar-refractivity contribution < 1.29 is 21.6 Å². The number of unbranched alkanes of at least 4 members (excludes halogenated alkanes) is 2. The average Bonchev–Trinajstić information content (AvgIpc) is 2.18. The highest BCUT2D eigenvalue weighted by atomic mass is 35.5. The average molecular weight is 236 g/mol. The van der Waals surface area contributed by atoms with Crippen LogP contribution in [0, 0.1) is 0 Å². The lowest BCUT2D eigenvalue weighted by molar-refractivity contribution is -0.921. The van der Waals surface area contributed by atoms with Crippen molar-refractivity contribution in [2.45, 2.75) is 33.1 Å². The first-order valence-corrected chi connectivity index (χ1v) is 5.70. The van der Waals surface area contributed by atoms with Crippen molar-refractivity contribution in [2.75, 3.05) is 33.5 Å². The van der Waals surface area contributed by atoms with Gasteiger partial charge in [0.25, 0.3) is 0 Å². The molecule has 2 nitrogen and oxygen atoms in total. The van der Waals surface area contributed by atoms with E-state index in [0.29, 0.717) is 0 Å². The van der Waals surface area contributed by atoms with Gasteiger partial charge in [0.05, 0.1) is 26.7 Å². The Hall–Kier alpha value is -0.0500. The number of ether oxygens (including phenoxy) is 1. The summed E-state index contributed by atoms with van der Waals surface area (Å²) in [6, 6.07) is 0. The lowest BCUT2D eigenvalue weighted by atomic mass is 10.3. The fourth-order valence-electron chi connectivity index (χ4n) is 1.32. The highest BCUT2D eigenvalue weighted by molar-refractivity contribution is 4.64. The molecule has 1 unspecified atom stereocenters. The van der Waals surface area contributed by atoms with E-state index in [1.165, 1.54) is 19.3 Å². The second-order valence-corrected chi connectivity index (χ2v) is 4.15. The normalized spacial score (nSPS) is 14.1. The van der Waals surface area contributed by atoms with E-state index in [0.717, 1.165) is 30.9 Å². The molecular weight excluding hydrogens is 210 g/mol. The van der Waals surface area contributed by atoms with Crippen molar-refractivity contribution in [3.63, 3.8) is 0 Å². The van der Waals surface area contributed by atoms with Gasteiger partial charge < -0.3 is 21.6 Å². The maximum atomic E-state index is 5.67. The highest BCUT2D eigenvalue weighted by Crippen LogP contribution is 2.03. The Balaban J connectivity index is 0. The molecule has 3 heteroatoms. The van der Waals surface area contributed by atoms with Crippen LogP contribution in [-0.4, -0.2) is 38.0 Å². The van der Waals surface area contributed by atoms with Crippen LogP contribution >= 0.6 is 0 Å². The number of nitrogens with zero attached hydrogens (tertiary/aromatic N) is 1. The smallest absolute Gasteiger partial charge is 0.183 e. The predicted molar refractivity (Wildman–Crippen MR) is 62.1 cm³/mol. The van der Waals surface area contributed by atoms with Crippen molar-refractivity contribution in [2.24, 2.45) is 0 Å². The SMILES string of the molecule is C=CC[N+](C)(CC)COCCCCC.[Cl-]. The molecule has 0 amide bonds. The van der Waals surface area contributed by atoms with Gasteiger partial charge in [-0.1, -0.05) is 26.3 Å². The molecule has 0 aliphatic rings. The van der Waals surface area contributed by atoms with Crippen molar-refractivity contribution in [1.82, 2.24) is 0 Å². The van der Waals surface area contributed by atoms with Gasteiger partial charge in [-0.15, -0.1) is 0 Å². The summed E-state index contributed by atoms with van der Waals surface area (Å²) in [6.07, 6.45) is 5.69. The molecule has 0 bridgehead atoms. The zero-order valence-corrected chi connectivity index (χ0v) is 11.2. The van der Waals surface area contributed by atoms with Crippen molar-refractivity contribution in [3.8, 4) is 0 Å². The molecular formula is C12H26ClNO. The van der Waals surface area contributed by atoms with Crippen LogP contribution in [0.15, 0.2) is 12.7 Å². The fraction of sp³-hybridized carbons (Fsp3) is 0.833. The third kappa shape index (κ3) is 8.91. The molecule has 0 radical (unpaired) electrons. The van der Waals surface area contributed by atoms with Crippen LogP contribution in [0.3, 0.4) is 0 Å². The van der Waals surface area contributed by atoms with Crippen LogP contribution in [-0.2, 0) is 4.74 Å². The van der Waals surface area contributed by atoms with Gasteiger partial charge in [0.2, 0.25) is 0 Å². The zero-order valence-electron chi connectivity index (χ0n) is 10.5. The van der Waals surface area contributed by atoms with Crippen LogP contribution in [0.25, 0.3) is 0 Å². The lowest BCUT2D eigenvalue weighted by Gasteiger charge is -2.31. The minimum Gasteiger partial charge on any atom is -1.00 e.